The molecule has 0 saturated heterocycles. The Balaban J connectivity index is 1.84. The van der Waals surface area contributed by atoms with Crippen LogP contribution in [-0.4, -0.2) is 17.5 Å². The van der Waals surface area contributed by atoms with E-state index in [0.717, 1.165) is 16.9 Å². The Bertz CT molecular complexity index is 582. The molecule has 0 bridgehead atoms. The Hall–Kier alpha value is -2.36. The number of benzene rings is 1. The summed E-state index contributed by atoms with van der Waals surface area (Å²) in [5.41, 5.74) is 2.07. The van der Waals surface area contributed by atoms with Crippen LogP contribution in [-0.2, 0) is 11.3 Å². The first-order valence-electron chi connectivity index (χ1n) is 7.04. The van der Waals surface area contributed by atoms with Gasteiger partial charge in [0.05, 0.1) is 0 Å². The zero-order valence-corrected chi connectivity index (χ0v) is 12.4. The second-order valence-corrected chi connectivity index (χ2v) is 5.12. The van der Waals surface area contributed by atoms with Gasteiger partial charge in [-0.15, -0.1) is 0 Å². The summed E-state index contributed by atoms with van der Waals surface area (Å²) in [6.07, 6.45) is 3.44. The van der Waals surface area contributed by atoms with Crippen LogP contribution in [0.3, 0.4) is 0 Å². The van der Waals surface area contributed by atoms with Gasteiger partial charge in [-0.3, -0.25) is 9.78 Å². The van der Waals surface area contributed by atoms with Crippen molar-refractivity contribution in [2.24, 2.45) is 0 Å². The van der Waals surface area contributed by atoms with Gasteiger partial charge >= 0.3 is 0 Å². The Morgan fingerprint density at radius 2 is 2.05 bits per heavy atom. The molecule has 0 spiro atoms. The molecule has 0 aliphatic carbocycles. The Kier molecular flexibility index (Phi) is 5.32. The van der Waals surface area contributed by atoms with E-state index >= 15 is 0 Å². The third-order valence-corrected chi connectivity index (χ3v) is 3.11. The van der Waals surface area contributed by atoms with Crippen LogP contribution in [0.15, 0.2) is 48.8 Å². The SMILES string of the molecule is CC(C)c1ccccc1OCC(=O)NCc1cccnc1. The molecule has 1 aromatic heterocycles. The van der Waals surface area contributed by atoms with Gasteiger partial charge in [0.2, 0.25) is 0 Å². The van der Waals surface area contributed by atoms with Crippen molar-refractivity contribution in [1.29, 1.82) is 0 Å². The average Bonchev–Trinajstić information content (AvgIpc) is 2.52. The topological polar surface area (TPSA) is 51.2 Å². The number of hydrogen-bond acceptors (Lipinski definition) is 3. The molecule has 2 rings (SSSR count). The Morgan fingerprint density at radius 3 is 2.76 bits per heavy atom. The van der Waals surface area contributed by atoms with Crippen LogP contribution >= 0.6 is 0 Å². The first-order valence-corrected chi connectivity index (χ1v) is 7.04. The maximum Gasteiger partial charge on any atom is 0.258 e. The predicted molar refractivity (Wildman–Crippen MR) is 82.1 cm³/mol. The quantitative estimate of drug-likeness (QED) is 0.887. The lowest BCUT2D eigenvalue weighted by Gasteiger charge is -2.13. The lowest BCUT2D eigenvalue weighted by atomic mass is 10.0. The molecule has 21 heavy (non-hydrogen) atoms. The van der Waals surface area contributed by atoms with Gasteiger partial charge in [0.25, 0.3) is 5.91 Å². The van der Waals surface area contributed by atoms with Crippen molar-refractivity contribution in [2.75, 3.05) is 6.61 Å². The molecule has 0 radical (unpaired) electrons. The highest BCUT2D eigenvalue weighted by Crippen LogP contribution is 2.25. The smallest absolute Gasteiger partial charge is 0.258 e. The van der Waals surface area contributed by atoms with Gasteiger partial charge in [-0.25, -0.2) is 0 Å². The van der Waals surface area contributed by atoms with E-state index in [1.165, 1.54) is 0 Å². The Morgan fingerprint density at radius 1 is 1.24 bits per heavy atom. The van der Waals surface area contributed by atoms with E-state index in [-0.39, 0.29) is 12.5 Å². The highest BCUT2D eigenvalue weighted by atomic mass is 16.5. The summed E-state index contributed by atoms with van der Waals surface area (Å²) in [4.78, 5) is 15.8. The molecular weight excluding hydrogens is 264 g/mol. The first kappa shape index (κ1) is 15.0. The molecule has 2 aromatic rings. The second kappa shape index (κ2) is 7.43. The molecule has 1 heterocycles. The zero-order valence-electron chi connectivity index (χ0n) is 12.4. The van der Waals surface area contributed by atoms with Crippen LogP contribution in [0.2, 0.25) is 0 Å². The molecule has 110 valence electrons. The first-order chi connectivity index (χ1) is 10.2. The molecule has 0 unspecified atom stereocenters. The fourth-order valence-corrected chi connectivity index (χ4v) is 1.99. The van der Waals surface area contributed by atoms with Gasteiger partial charge < -0.3 is 10.1 Å². The number of para-hydroxylation sites is 1. The van der Waals surface area contributed by atoms with Crippen LogP contribution in [0, 0.1) is 0 Å². The van der Waals surface area contributed by atoms with Gasteiger partial charge in [-0.05, 0) is 29.2 Å². The van der Waals surface area contributed by atoms with Gasteiger partial charge in [-0.2, -0.15) is 0 Å². The molecule has 0 aliphatic rings. The van der Waals surface area contributed by atoms with Gasteiger partial charge in [0.1, 0.15) is 5.75 Å². The molecule has 4 heteroatoms. The summed E-state index contributed by atoms with van der Waals surface area (Å²) in [7, 11) is 0. The van der Waals surface area contributed by atoms with E-state index in [1.807, 2.05) is 36.4 Å². The minimum atomic E-state index is -0.141. The molecular formula is C17H20N2O2. The second-order valence-electron chi connectivity index (χ2n) is 5.12. The van der Waals surface area contributed by atoms with Crippen molar-refractivity contribution >= 4 is 5.91 Å². The normalized spacial score (nSPS) is 10.4. The number of amides is 1. The maximum atomic E-state index is 11.8. The highest BCUT2D eigenvalue weighted by molar-refractivity contribution is 5.77. The predicted octanol–water partition coefficient (Wildman–Crippen LogP) is 2.90. The number of aromatic nitrogens is 1. The summed E-state index contributed by atoms with van der Waals surface area (Å²) >= 11 is 0. The number of nitrogens with zero attached hydrogens (tertiary/aromatic N) is 1. The molecule has 0 fully saturated rings. The van der Waals surface area contributed by atoms with E-state index < -0.39 is 0 Å². The van der Waals surface area contributed by atoms with Crippen LogP contribution in [0.1, 0.15) is 30.9 Å². The third-order valence-electron chi connectivity index (χ3n) is 3.11. The van der Waals surface area contributed by atoms with Crippen LogP contribution in [0.25, 0.3) is 0 Å². The largest absolute Gasteiger partial charge is 0.483 e. The van der Waals surface area contributed by atoms with E-state index in [0.29, 0.717) is 12.5 Å². The Labute approximate surface area is 125 Å². The highest BCUT2D eigenvalue weighted by Gasteiger charge is 2.09. The van der Waals surface area contributed by atoms with Crippen molar-refractivity contribution in [3.05, 3.63) is 59.9 Å². The van der Waals surface area contributed by atoms with Crippen LogP contribution in [0.5, 0.6) is 5.75 Å². The molecule has 1 amide bonds. The zero-order chi connectivity index (χ0) is 15.1. The average molecular weight is 284 g/mol. The number of pyridine rings is 1. The molecule has 1 aromatic carbocycles. The molecule has 0 aliphatic heterocycles. The minimum absolute atomic E-state index is 0.0179. The number of rotatable bonds is 6. The summed E-state index contributed by atoms with van der Waals surface area (Å²) in [5.74, 6) is 0.987. The fraction of sp³-hybridized carbons (Fsp3) is 0.294. The van der Waals surface area contributed by atoms with E-state index in [2.05, 4.69) is 24.1 Å². The lowest BCUT2D eigenvalue weighted by molar-refractivity contribution is -0.123. The monoisotopic (exact) mass is 284 g/mol. The molecule has 1 N–H and O–H groups in total. The van der Waals surface area contributed by atoms with Crippen molar-refractivity contribution in [2.45, 2.75) is 26.3 Å². The lowest BCUT2D eigenvalue weighted by Crippen LogP contribution is -2.28. The fourth-order valence-electron chi connectivity index (χ4n) is 1.99. The van der Waals surface area contributed by atoms with Crippen LogP contribution < -0.4 is 10.1 Å². The molecule has 0 saturated carbocycles. The summed E-state index contributed by atoms with van der Waals surface area (Å²) in [6, 6.07) is 11.6. The van der Waals surface area contributed by atoms with Gasteiger partial charge in [-0.1, -0.05) is 38.1 Å². The number of carbonyl (C=O) groups is 1. The van der Waals surface area contributed by atoms with E-state index in [1.54, 1.807) is 12.4 Å². The summed E-state index contributed by atoms with van der Waals surface area (Å²) < 4.78 is 5.62. The summed E-state index contributed by atoms with van der Waals surface area (Å²) in [5, 5.41) is 2.81. The van der Waals surface area contributed by atoms with Crippen molar-refractivity contribution in [3.8, 4) is 5.75 Å². The van der Waals surface area contributed by atoms with Crippen LogP contribution in [0.4, 0.5) is 0 Å². The maximum absolute atomic E-state index is 11.8. The number of hydrogen-bond donors (Lipinski definition) is 1. The van der Waals surface area contributed by atoms with Gasteiger partial charge in [0.15, 0.2) is 6.61 Å². The number of carbonyl (C=O) groups excluding carboxylic acids is 1. The van der Waals surface area contributed by atoms with Crippen molar-refractivity contribution in [1.82, 2.24) is 10.3 Å². The third kappa shape index (κ3) is 4.60. The minimum Gasteiger partial charge on any atom is -0.483 e. The van der Waals surface area contributed by atoms with Crippen molar-refractivity contribution < 1.29 is 9.53 Å². The number of ether oxygens (including phenoxy) is 1. The number of nitrogens with one attached hydrogen (secondary N) is 1. The van der Waals surface area contributed by atoms with E-state index in [9.17, 15) is 4.79 Å². The van der Waals surface area contributed by atoms with Gasteiger partial charge in [0, 0.05) is 18.9 Å². The summed E-state index contributed by atoms with van der Waals surface area (Å²) in [6.45, 7) is 4.68. The standard InChI is InChI=1S/C17H20N2O2/c1-13(2)15-7-3-4-8-16(15)21-12-17(20)19-11-14-6-5-9-18-10-14/h3-10,13H,11-12H2,1-2H3,(H,19,20). The van der Waals surface area contributed by atoms with Crippen molar-refractivity contribution in [3.63, 3.8) is 0 Å². The molecule has 0 atom stereocenters. The van der Waals surface area contributed by atoms with E-state index in [4.69, 9.17) is 4.74 Å². The molecule has 4 nitrogen and oxygen atoms in total.